The predicted octanol–water partition coefficient (Wildman–Crippen LogP) is 5.48. The van der Waals surface area contributed by atoms with Gasteiger partial charge in [0.25, 0.3) is 0 Å². The Kier molecular flexibility index (Phi) is 5.69. The highest BCUT2D eigenvalue weighted by atomic mass is 35.5. The van der Waals surface area contributed by atoms with Crippen LogP contribution in [-0.2, 0) is 13.0 Å². The van der Waals surface area contributed by atoms with Crippen molar-refractivity contribution in [3.05, 3.63) is 64.2 Å². The van der Waals surface area contributed by atoms with Crippen molar-refractivity contribution in [3.63, 3.8) is 0 Å². The molecule has 0 bridgehead atoms. The number of aromatic hydroxyl groups is 1. The Morgan fingerprint density at radius 3 is 2.64 bits per heavy atom. The second-order valence-corrected chi connectivity index (χ2v) is 8.93. The lowest BCUT2D eigenvalue weighted by molar-refractivity contribution is -0.126. The Bertz CT molecular complexity index is 822. The zero-order chi connectivity index (χ0) is 19.7. The minimum Gasteiger partial charge on any atom is -0.508 e. The van der Waals surface area contributed by atoms with Crippen LogP contribution in [0, 0.1) is 5.92 Å². The number of benzene rings is 2. The lowest BCUT2D eigenvalue weighted by Gasteiger charge is -2.53. The van der Waals surface area contributed by atoms with Gasteiger partial charge in [-0.2, -0.15) is 0 Å². The molecule has 4 heteroatoms. The van der Waals surface area contributed by atoms with Crippen molar-refractivity contribution >= 4 is 11.6 Å². The third-order valence-electron chi connectivity index (χ3n) is 6.80. The summed E-state index contributed by atoms with van der Waals surface area (Å²) in [5.41, 5.74) is 2.87. The van der Waals surface area contributed by atoms with Crippen LogP contribution in [0.5, 0.6) is 5.75 Å². The molecule has 1 aliphatic heterocycles. The molecule has 3 atom stereocenters. The molecule has 0 radical (unpaired) electrons. The van der Waals surface area contributed by atoms with E-state index in [-0.39, 0.29) is 12.0 Å². The first-order chi connectivity index (χ1) is 13.5. The largest absolute Gasteiger partial charge is 0.508 e. The molecule has 28 heavy (non-hydrogen) atoms. The first-order valence-corrected chi connectivity index (χ1v) is 10.9. The Morgan fingerprint density at radius 1 is 1.11 bits per heavy atom. The highest BCUT2D eigenvalue weighted by Gasteiger charge is 2.48. The molecule has 150 valence electrons. The van der Waals surface area contributed by atoms with Crippen LogP contribution in [0.15, 0.2) is 42.5 Å². The van der Waals surface area contributed by atoms with Crippen LogP contribution < -0.4 is 0 Å². The Labute approximate surface area is 173 Å². The quantitative estimate of drug-likeness (QED) is 0.715. The number of nitrogens with zero attached hydrogens (tertiary/aromatic N) is 1. The predicted molar refractivity (Wildman–Crippen MR) is 114 cm³/mol. The van der Waals surface area contributed by atoms with Gasteiger partial charge < -0.3 is 10.2 Å². The maximum atomic E-state index is 11.4. The Hall–Kier alpha value is -1.55. The molecule has 0 aromatic heterocycles. The number of phenolic OH excluding ortho intramolecular Hbond substituents is 1. The number of halogens is 1. The van der Waals surface area contributed by atoms with Gasteiger partial charge >= 0.3 is 0 Å². The first-order valence-electron chi connectivity index (χ1n) is 10.5. The summed E-state index contributed by atoms with van der Waals surface area (Å²) in [6, 6.07) is 14.3. The molecule has 3 nitrogen and oxygen atoms in total. The maximum absolute atomic E-state index is 11.4. The van der Waals surface area contributed by atoms with Gasteiger partial charge in [-0.1, -0.05) is 55.6 Å². The number of aliphatic hydroxyl groups is 1. The summed E-state index contributed by atoms with van der Waals surface area (Å²) in [5.74, 6) is 0.599. The molecule has 0 unspecified atom stereocenters. The lowest BCUT2D eigenvalue weighted by Crippen LogP contribution is -2.54. The van der Waals surface area contributed by atoms with E-state index >= 15 is 0 Å². The third kappa shape index (κ3) is 3.80. The van der Waals surface area contributed by atoms with E-state index in [0.29, 0.717) is 5.75 Å². The summed E-state index contributed by atoms with van der Waals surface area (Å²) < 4.78 is 0. The molecule has 2 aromatic carbocycles. The summed E-state index contributed by atoms with van der Waals surface area (Å²) in [4.78, 5) is 2.51. The number of fused-ring (bicyclic) bond motifs is 1. The number of hydrogen-bond acceptors (Lipinski definition) is 3. The summed E-state index contributed by atoms with van der Waals surface area (Å²) in [7, 11) is 0. The second kappa shape index (κ2) is 8.06. The minimum absolute atomic E-state index is 0.167. The standard InChI is InChI=1S/C24H30ClNO2/c1-2-18-15-19(8-11-22(18)27)23-21-5-3-4-12-24(21,28)13-14-26(23)16-17-6-9-20(25)10-7-17/h6-11,15,21,23,27-28H,2-5,12-14,16H2,1H3/t21-,23-,24-/m1/s1. The SMILES string of the molecule is CCc1cc([C@@H]2[C@H]3CCCC[C@@]3(O)CCN2Cc2ccc(Cl)cc2)ccc1O. The monoisotopic (exact) mass is 399 g/mol. The Morgan fingerprint density at radius 2 is 1.89 bits per heavy atom. The Balaban J connectivity index is 1.70. The molecule has 2 fully saturated rings. The van der Waals surface area contributed by atoms with E-state index < -0.39 is 5.60 Å². The van der Waals surface area contributed by atoms with Crippen molar-refractivity contribution in [2.75, 3.05) is 6.54 Å². The lowest BCUT2D eigenvalue weighted by atomic mass is 9.66. The molecular weight excluding hydrogens is 370 g/mol. The topological polar surface area (TPSA) is 43.7 Å². The summed E-state index contributed by atoms with van der Waals surface area (Å²) >= 11 is 6.07. The van der Waals surface area contributed by atoms with E-state index in [2.05, 4.69) is 30.0 Å². The number of piperidine rings is 1. The molecule has 1 saturated heterocycles. The van der Waals surface area contributed by atoms with E-state index in [4.69, 9.17) is 11.6 Å². The second-order valence-electron chi connectivity index (χ2n) is 8.49. The van der Waals surface area contributed by atoms with E-state index in [1.807, 2.05) is 24.3 Å². The fourth-order valence-electron chi connectivity index (χ4n) is 5.26. The van der Waals surface area contributed by atoms with Crippen molar-refractivity contribution in [1.29, 1.82) is 0 Å². The highest BCUT2D eigenvalue weighted by molar-refractivity contribution is 6.30. The molecule has 2 N–H and O–H groups in total. The van der Waals surface area contributed by atoms with Crippen LogP contribution in [0.3, 0.4) is 0 Å². The fraction of sp³-hybridized carbons (Fsp3) is 0.500. The first kappa shape index (κ1) is 19.8. The van der Waals surface area contributed by atoms with Gasteiger partial charge in [0.05, 0.1) is 5.60 Å². The van der Waals surface area contributed by atoms with Crippen LogP contribution in [-0.4, -0.2) is 27.3 Å². The summed E-state index contributed by atoms with van der Waals surface area (Å²) in [6.07, 6.45) is 5.89. The van der Waals surface area contributed by atoms with Crippen LogP contribution in [0.2, 0.25) is 5.02 Å². The zero-order valence-electron chi connectivity index (χ0n) is 16.6. The van der Waals surface area contributed by atoms with Gasteiger partial charge in [0.15, 0.2) is 0 Å². The van der Waals surface area contributed by atoms with Gasteiger partial charge in [0.2, 0.25) is 0 Å². The molecule has 1 heterocycles. The van der Waals surface area contributed by atoms with Gasteiger partial charge in [0, 0.05) is 30.1 Å². The van der Waals surface area contributed by atoms with Gasteiger partial charge in [0.1, 0.15) is 5.75 Å². The maximum Gasteiger partial charge on any atom is 0.118 e. The third-order valence-corrected chi connectivity index (χ3v) is 7.05. The number of rotatable bonds is 4. The zero-order valence-corrected chi connectivity index (χ0v) is 17.3. The number of likely N-dealkylation sites (tertiary alicyclic amines) is 1. The molecule has 1 saturated carbocycles. The van der Waals surface area contributed by atoms with Crippen molar-refractivity contribution < 1.29 is 10.2 Å². The van der Waals surface area contributed by atoms with E-state index in [1.54, 1.807) is 0 Å². The fourth-order valence-corrected chi connectivity index (χ4v) is 5.39. The van der Waals surface area contributed by atoms with Gasteiger partial charge in [-0.25, -0.2) is 0 Å². The van der Waals surface area contributed by atoms with Crippen molar-refractivity contribution in [3.8, 4) is 5.75 Å². The average Bonchev–Trinajstić information content (AvgIpc) is 2.70. The highest BCUT2D eigenvalue weighted by Crippen LogP contribution is 2.50. The molecular formula is C24H30ClNO2. The van der Waals surface area contributed by atoms with Crippen molar-refractivity contribution in [2.45, 2.75) is 63.6 Å². The molecule has 2 aliphatic rings. The van der Waals surface area contributed by atoms with Crippen LogP contribution in [0.25, 0.3) is 0 Å². The summed E-state index contributed by atoms with van der Waals surface area (Å²) in [5, 5.41) is 22.4. The molecule has 0 spiro atoms. The van der Waals surface area contributed by atoms with Gasteiger partial charge in [-0.05, 0) is 60.6 Å². The normalized spacial score (nSPS) is 28.1. The van der Waals surface area contributed by atoms with Crippen molar-refractivity contribution in [2.24, 2.45) is 5.92 Å². The number of aryl methyl sites for hydroxylation is 1. The number of phenols is 1. The smallest absolute Gasteiger partial charge is 0.118 e. The molecule has 0 amide bonds. The van der Waals surface area contributed by atoms with E-state index in [0.717, 1.165) is 55.8 Å². The van der Waals surface area contributed by atoms with E-state index in [9.17, 15) is 10.2 Å². The molecule has 4 rings (SSSR count). The van der Waals surface area contributed by atoms with Gasteiger partial charge in [-0.15, -0.1) is 0 Å². The number of hydrogen-bond donors (Lipinski definition) is 2. The summed E-state index contributed by atoms with van der Waals surface area (Å²) in [6.45, 7) is 3.79. The van der Waals surface area contributed by atoms with E-state index in [1.165, 1.54) is 17.5 Å². The van der Waals surface area contributed by atoms with Crippen molar-refractivity contribution in [1.82, 2.24) is 4.90 Å². The molecule has 2 aromatic rings. The van der Waals surface area contributed by atoms with Gasteiger partial charge in [-0.3, -0.25) is 4.90 Å². The van der Waals surface area contributed by atoms with Crippen LogP contribution >= 0.6 is 11.6 Å². The van der Waals surface area contributed by atoms with Crippen LogP contribution in [0.1, 0.15) is 61.8 Å². The average molecular weight is 400 g/mol. The molecule has 1 aliphatic carbocycles. The van der Waals surface area contributed by atoms with Crippen LogP contribution in [0.4, 0.5) is 0 Å². The minimum atomic E-state index is -0.566.